The molecule has 0 saturated carbocycles. The van der Waals surface area contributed by atoms with Gasteiger partial charge in [0.2, 0.25) is 0 Å². The first-order chi connectivity index (χ1) is 9.86. The van der Waals surface area contributed by atoms with Crippen molar-refractivity contribution < 1.29 is 8.42 Å². The molecule has 1 aromatic heterocycles. The van der Waals surface area contributed by atoms with Crippen LogP contribution in [0, 0.1) is 0 Å². The summed E-state index contributed by atoms with van der Waals surface area (Å²) in [5, 5.41) is 0.736. The molecule has 0 bridgehead atoms. The minimum atomic E-state index is -3.60. The molecule has 2 aromatic rings. The first kappa shape index (κ1) is 16.0. The molecule has 1 heterocycles. The zero-order valence-corrected chi connectivity index (χ0v) is 13.7. The first-order valence-electron chi connectivity index (χ1n) is 6.63. The zero-order valence-electron chi connectivity index (χ0n) is 12.2. The molecule has 0 radical (unpaired) electrons. The average Bonchev–Trinajstić information content (AvgIpc) is 2.96. The molecule has 1 N–H and O–H groups in total. The number of nitrogens with one attached hydrogen (secondary N) is 1. The van der Waals surface area contributed by atoms with E-state index >= 15 is 0 Å². The van der Waals surface area contributed by atoms with E-state index in [0.717, 1.165) is 5.56 Å². The lowest BCUT2D eigenvalue weighted by Gasteiger charge is -2.23. The van der Waals surface area contributed by atoms with Crippen molar-refractivity contribution in [1.29, 1.82) is 0 Å². The summed E-state index contributed by atoms with van der Waals surface area (Å²) >= 11 is 5.86. The molecule has 0 aliphatic rings. The average molecular weight is 328 g/mol. The predicted octanol–water partition coefficient (Wildman–Crippen LogP) is 3.01. The number of imidazole rings is 1. The molecule has 0 amide bonds. The number of halogens is 1. The molecule has 1 aromatic carbocycles. The summed E-state index contributed by atoms with van der Waals surface area (Å²) in [4.78, 5) is 6.89. The standard InChI is InChI=1S/C14H18ClN3O2S/c1-4-13-16-9-14(17-13)21(19,20)18(3)10(2)11-5-7-12(15)8-6-11/h5-10H,4H2,1-3H3,(H,16,17). The lowest BCUT2D eigenvalue weighted by atomic mass is 10.1. The number of aromatic nitrogens is 2. The van der Waals surface area contributed by atoms with Crippen LogP contribution in [0.1, 0.15) is 31.3 Å². The van der Waals surface area contributed by atoms with Crippen LogP contribution in [0.3, 0.4) is 0 Å². The Hall–Kier alpha value is -1.37. The molecule has 114 valence electrons. The van der Waals surface area contributed by atoms with Gasteiger partial charge in [-0.1, -0.05) is 30.7 Å². The number of benzene rings is 1. The molecule has 0 spiro atoms. The fraction of sp³-hybridized carbons (Fsp3) is 0.357. The van der Waals surface area contributed by atoms with Crippen LogP contribution in [-0.4, -0.2) is 29.7 Å². The lowest BCUT2D eigenvalue weighted by molar-refractivity contribution is 0.397. The molecule has 1 atom stereocenters. The molecule has 21 heavy (non-hydrogen) atoms. The summed E-state index contributed by atoms with van der Waals surface area (Å²) in [6.07, 6.45) is 2.02. The fourth-order valence-corrected chi connectivity index (χ4v) is 3.38. The fourth-order valence-electron chi connectivity index (χ4n) is 1.97. The number of hydrogen-bond acceptors (Lipinski definition) is 3. The third kappa shape index (κ3) is 3.28. The minimum absolute atomic E-state index is 0.114. The van der Waals surface area contributed by atoms with Gasteiger partial charge in [-0.25, -0.2) is 13.4 Å². The van der Waals surface area contributed by atoms with Crippen LogP contribution in [0.15, 0.2) is 35.5 Å². The molecule has 1 unspecified atom stereocenters. The van der Waals surface area contributed by atoms with Crippen LogP contribution in [-0.2, 0) is 16.4 Å². The van der Waals surface area contributed by atoms with Gasteiger partial charge in [0.05, 0.1) is 6.20 Å². The second-order valence-electron chi connectivity index (χ2n) is 4.80. The van der Waals surface area contributed by atoms with Crippen molar-refractivity contribution in [1.82, 2.24) is 14.3 Å². The van der Waals surface area contributed by atoms with Gasteiger partial charge in [-0.05, 0) is 24.6 Å². The van der Waals surface area contributed by atoms with E-state index < -0.39 is 10.0 Å². The Morgan fingerprint density at radius 3 is 2.48 bits per heavy atom. The summed E-state index contributed by atoms with van der Waals surface area (Å²) in [6, 6.07) is 6.84. The predicted molar refractivity (Wildman–Crippen MR) is 82.8 cm³/mol. The maximum atomic E-state index is 12.6. The van der Waals surface area contributed by atoms with Crippen molar-refractivity contribution in [2.75, 3.05) is 7.05 Å². The topological polar surface area (TPSA) is 66.1 Å². The number of rotatable bonds is 5. The van der Waals surface area contributed by atoms with Crippen molar-refractivity contribution in [3.63, 3.8) is 0 Å². The zero-order chi connectivity index (χ0) is 15.6. The molecule has 0 saturated heterocycles. The van der Waals surface area contributed by atoms with E-state index in [0.29, 0.717) is 17.3 Å². The van der Waals surface area contributed by atoms with Crippen molar-refractivity contribution in [3.05, 3.63) is 46.9 Å². The maximum absolute atomic E-state index is 12.6. The number of nitrogens with zero attached hydrogens (tertiary/aromatic N) is 2. The van der Waals surface area contributed by atoms with Crippen LogP contribution in [0.2, 0.25) is 5.02 Å². The van der Waals surface area contributed by atoms with Gasteiger partial charge in [-0.2, -0.15) is 4.31 Å². The lowest BCUT2D eigenvalue weighted by Crippen LogP contribution is -2.30. The Morgan fingerprint density at radius 1 is 1.33 bits per heavy atom. The summed E-state index contributed by atoms with van der Waals surface area (Å²) in [7, 11) is -2.05. The number of aryl methyl sites for hydroxylation is 1. The van der Waals surface area contributed by atoms with Gasteiger partial charge in [0.25, 0.3) is 10.0 Å². The quantitative estimate of drug-likeness (QED) is 0.918. The third-order valence-electron chi connectivity index (χ3n) is 3.49. The van der Waals surface area contributed by atoms with Gasteiger partial charge >= 0.3 is 0 Å². The monoisotopic (exact) mass is 327 g/mol. The Labute approximate surface area is 130 Å². The first-order valence-corrected chi connectivity index (χ1v) is 8.45. The smallest absolute Gasteiger partial charge is 0.260 e. The molecular formula is C14H18ClN3O2S. The van der Waals surface area contributed by atoms with Crippen LogP contribution >= 0.6 is 11.6 Å². The molecule has 0 aliphatic heterocycles. The van der Waals surface area contributed by atoms with E-state index in [-0.39, 0.29) is 11.1 Å². The van der Waals surface area contributed by atoms with E-state index in [1.807, 2.05) is 26.0 Å². The second kappa shape index (κ2) is 6.17. The van der Waals surface area contributed by atoms with Gasteiger partial charge in [-0.15, -0.1) is 0 Å². The molecule has 0 aliphatic carbocycles. The highest BCUT2D eigenvalue weighted by Gasteiger charge is 2.27. The Balaban J connectivity index is 2.28. The molecule has 7 heteroatoms. The maximum Gasteiger partial charge on any atom is 0.260 e. The number of H-pyrrole nitrogens is 1. The largest absolute Gasteiger partial charge is 0.332 e. The van der Waals surface area contributed by atoms with Crippen LogP contribution in [0.5, 0.6) is 0 Å². The minimum Gasteiger partial charge on any atom is -0.332 e. The Kier molecular flexibility index (Phi) is 4.70. The molecular weight excluding hydrogens is 310 g/mol. The van der Waals surface area contributed by atoms with E-state index in [9.17, 15) is 8.42 Å². The van der Waals surface area contributed by atoms with Gasteiger partial charge in [0, 0.05) is 24.5 Å². The van der Waals surface area contributed by atoms with Gasteiger partial charge in [0.15, 0.2) is 5.03 Å². The Morgan fingerprint density at radius 2 is 1.95 bits per heavy atom. The number of aromatic amines is 1. The van der Waals surface area contributed by atoms with E-state index in [2.05, 4.69) is 9.97 Å². The second-order valence-corrected chi connectivity index (χ2v) is 7.20. The summed E-state index contributed by atoms with van der Waals surface area (Å²) in [5.74, 6) is 0.654. The van der Waals surface area contributed by atoms with Crippen LogP contribution < -0.4 is 0 Å². The SMILES string of the molecule is CCc1ncc(S(=O)(=O)N(C)C(C)c2ccc(Cl)cc2)[nH]1. The van der Waals surface area contributed by atoms with Crippen LogP contribution in [0.4, 0.5) is 0 Å². The van der Waals surface area contributed by atoms with E-state index in [1.165, 1.54) is 10.5 Å². The molecule has 0 fully saturated rings. The van der Waals surface area contributed by atoms with Crippen molar-refractivity contribution >= 4 is 21.6 Å². The number of sulfonamides is 1. The highest BCUT2D eigenvalue weighted by molar-refractivity contribution is 7.89. The van der Waals surface area contributed by atoms with Gasteiger partial charge in [0.1, 0.15) is 5.82 Å². The molecule has 2 rings (SSSR count). The van der Waals surface area contributed by atoms with E-state index in [4.69, 9.17) is 11.6 Å². The van der Waals surface area contributed by atoms with Crippen molar-refractivity contribution in [2.45, 2.75) is 31.3 Å². The third-order valence-corrected chi connectivity index (χ3v) is 5.58. The summed E-state index contributed by atoms with van der Waals surface area (Å²) in [5.41, 5.74) is 0.876. The molecule has 5 nitrogen and oxygen atoms in total. The van der Waals surface area contributed by atoms with Gasteiger partial charge < -0.3 is 4.98 Å². The number of hydrogen-bond donors (Lipinski definition) is 1. The van der Waals surface area contributed by atoms with Crippen LogP contribution in [0.25, 0.3) is 0 Å². The van der Waals surface area contributed by atoms with Crippen molar-refractivity contribution in [2.24, 2.45) is 0 Å². The Bertz CT molecular complexity index is 710. The van der Waals surface area contributed by atoms with E-state index in [1.54, 1.807) is 19.2 Å². The summed E-state index contributed by atoms with van der Waals surface area (Å²) in [6.45, 7) is 3.74. The highest BCUT2D eigenvalue weighted by Crippen LogP contribution is 2.25. The van der Waals surface area contributed by atoms with Crippen molar-refractivity contribution in [3.8, 4) is 0 Å². The normalized spacial score (nSPS) is 13.6. The van der Waals surface area contributed by atoms with Gasteiger partial charge in [-0.3, -0.25) is 0 Å². The highest BCUT2D eigenvalue weighted by atomic mass is 35.5. The summed E-state index contributed by atoms with van der Waals surface area (Å²) < 4.78 is 26.5.